The topological polar surface area (TPSA) is 101 Å². The van der Waals surface area contributed by atoms with Gasteiger partial charge < -0.3 is 10.6 Å². The summed E-state index contributed by atoms with van der Waals surface area (Å²) in [6.07, 6.45) is 0. The van der Waals surface area contributed by atoms with Gasteiger partial charge >= 0.3 is 0 Å². The highest BCUT2D eigenvalue weighted by molar-refractivity contribution is 7.80. The second kappa shape index (κ2) is 5.12. The summed E-state index contributed by atoms with van der Waals surface area (Å²) in [5.74, 6) is -0.395. The molecule has 20 heavy (non-hydrogen) atoms. The summed E-state index contributed by atoms with van der Waals surface area (Å²) in [4.78, 5) is 25.0. The van der Waals surface area contributed by atoms with Crippen LogP contribution in [0, 0.1) is 13.8 Å². The zero-order valence-electron chi connectivity index (χ0n) is 11.4. The fraction of sp³-hybridized carbons (Fsp3) is 0.417. The van der Waals surface area contributed by atoms with Crippen molar-refractivity contribution in [2.75, 3.05) is 11.4 Å². The molecule has 1 aliphatic heterocycles. The van der Waals surface area contributed by atoms with E-state index in [9.17, 15) is 9.59 Å². The van der Waals surface area contributed by atoms with Gasteiger partial charge in [-0.3, -0.25) is 14.9 Å². The summed E-state index contributed by atoms with van der Waals surface area (Å²) >= 11 is 5.06. The van der Waals surface area contributed by atoms with E-state index in [-0.39, 0.29) is 23.3 Å². The lowest BCUT2D eigenvalue weighted by atomic mass is 10.1. The van der Waals surface area contributed by atoms with Crippen molar-refractivity contribution in [2.45, 2.75) is 26.8 Å². The average molecular weight is 293 g/mol. The van der Waals surface area contributed by atoms with E-state index < -0.39 is 6.04 Å². The summed E-state index contributed by atoms with van der Waals surface area (Å²) in [5, 5.41) is 10.4. The molecule has 1 saturated heterocycles. The van der Waals surface area contributed by atoms with Crippen LogP contribution >= 0.6 is 12.2 Å². The van der Waals surface area contributed by atoms with E-state index in [1.54, 1.807) is 18.7 Å². The normalized spacial score (nSPS) is 18.9. The molecule has 2 heterocycles. The molecular weight excluding hydrogens is 278 g/mol. The maximum Gasteiger partial charge on any atom is 0.249 e. The van der Waals surface area contributed by atoms with Crippen LogP contribution in [0.4, 0.5) is 5.82 Å². The van der Waals surface area contributed by atoms with Gasteiger partial charge in [-0.2, -0.15) is 5.10 Å². The van der Waals surface area contributed by atoms with Crippen molar-refractivity contribution in [3.05, 3.63) is 16.8 Å². The first-order valence-electron chi connectivity index (χ1n) is 6.07. The Morgan fingerprint density at radius 1 is 1.40 bits per heavy atom. The molecule has 0 bridgehead atoms. The number of anilines is 1. The van der Waals surface area contributed by atoms with Crippen LogP contribution in [0.25, 0.3) is 0 Å². The number of nitrogens with two attached hydrogens (primary N) is 1. The van der Waals surface area contributed by atoms with Crippen LogP contribution in [-0.2, 0) is 9.59 Å². The maximum absolute atomic E-state index is 11.7. The molecule has 1 aromatic heterocycles. The lowest BCUT2D eigenvalue weighted by Crippen LogP contribution is -2.57. The number of aromatic nitrogens is 2. The van der Waals surface area contributed by atoms with Crippen molar-refractivity contribution in [2.24, 2.45) is 5.73 Å². The molecule has 8 heteroatoms. The minimum Gasteiger partial charge on any atom is -0.389 e. The van der Waals surface area contributed by atoms with Crippen LogP contribution in [0.3, 0.4) is 0 Å². The second-order valence-corrected chi connectivity index (χ2v) is 5.13. The summed E-state index contributed by atoms with van der Waals surface area (Å²) in [7, 11) is 0. The van der Waals surface area contributed by atoms with E-state index in [0.717, 1.165) is 5.56 Å². The van der Waals surface area contributed by atoms with Gasteiger partial charge in [-0.1, -0.05) is 12.2 Å². The van der Waals surface area contributed by atoms with Gasteiger partial charge in [0.05, 0.1) is 17.8 Å². The van der Waals surface area contributed by atoms with Crippen LogP contribution in [0.2, 0.25) is 0 Å². The Bertz CT molecular complexity index is 616. The number of piperazine rings is 1. The zero-order valence-corrected chi connectivity index (χ0v) is 12.2. The van der Waals surface area contributed by atoms with Crippen LogP contribution in [-0.4, -0.2) is 39.6 Å². The third-order valence-electron chi connectivity index (χ3n) is 3.38. The number of amides is 2. The number of hydrogen-bond donors (Lipinski definition) is 2. The van der Waals surface area contributed by atoms with Crippen molar-refractivity contribution in [1.82, 2.24) is 15.5 Å². The monoisotopic (exact) mass is 293 g/mol. The standard InChI is InChI=1S/C12H15N5O2S/c1-5-6(2)15-16-11(9(5)10(13)20)17-4-8(18)14-12(19)7(17)3/h7H,4H2,1-3H3,(H2,13,20)(H,14,18,19). The molecule has 0 radical (unpaired) electrons. The molecule has 0 saturated carbocycles. The van der Waals surface area contributed by atoms with Gasteiger partial charge in [0.1, 0.15) is 11.0 Å². The molecule has 0 aliphatic carbocycles. The highest BCUT2D eigenvalue weighted by Gasteiger charge is 2.33. The van der Waals surface area contributed by atoms with Crippen molar-refractivity contribution < 1.29 is 9.59 Å². The Balaban J connectivity index is 2.57. The fourth-order valence-corrected chi connectivity index (χ4v) is 2.31. The first kappa shape index (κ1) is 14.3. The quantitative estimate of drug-likeness (QED) is 0.564. The number of aryl methyl sites for hydroxylation is 1. The van der Waals surface area contributed by atoms with Crippen molar-refractivity contribution in [3.63, 3.8) is 0 Å². The van der Waals surface area contributed by atoms with Gasteiger partial charge in [-0.25, -0.2) is 0 Å². The van der Waals surface area contributed by atoms with E-state index in [1.165, 1.54) is 0 Å². The SMILES string of the molecule is Cc1nnc(N2CC(=O)NC(=O)C2C)c(C(N)=S)c1C. The van der Waals surface area contributed by atoms with Gasteiger partial charge in [0, 0.05) is 0 Å². The first-order valence-corrected chi connectivity index (χ1v) is 6.47. The van der Waals surface area contributed by atoms with Crippen molar-refractivity contribution >= 4 is 34.8 Å². The van der Waals surface area contributed by atoms with Crippen LogP contribution in [0.5, 0.6) is 0 Å². The molecule has 0 aromatic carbocycles. The third kappa shape index (κ3) is 2.34. The fourth-order valence-electron chi connectivity index (χ4n) is 2.06. The Labute approximate surface area is 121 Å². The minimum atomic E-state index is -0.544. The number of rotatable bonds is 2. The van der Waals surface area contributed by atoms with Crippen molar-refractivity contribution in [1.29, 1.82) is 0 Å². The summed E-state index contributed by atoms with van der Waals surface area (Å²) < 4.78 is 0. The lowest BCUT2D eigenvalue weighted by molar-refractivity contribution is -0.132. The molecule has 2 amide bonds. The van der Waals surface area contributed by atoms with Gasteiger partial charge in [0.2, 0.25) is 11.8 Å². The average Bonchev–Trinajstić information content (AvgIpc) is 2.36. The van der Waals surface area contributed by atoms with Crippen molar-refractivity contribution in [3.8, 4) is 0 Å². The van der Waals surface area contributed by atoms with Gasteiger partial charge in [-0.05, 0) is 26.3 Å². The van der Waals surface area contributed by atoms with E-state index >= 15 is 0 Å². The number of carbonyl (C=O) groups excluding carboxylic acids is 2. The summed E-state index contributed by atoms with van der Waals surface area (Å²) in [6, 6.07) is -0.544. The molecule has 1 atom stereocenters. The zero-order chi connectivity index (χ0) is 15.0. The Morgan fingerprint density at radius 2 is 2.05 bits per heavy atom. The summed E-state index contributed by atoms with van der Waals surface area (Å²) in [6.45, 7) is 5.32. The molecular formula is C12H15N5O2S. The van der Waals surface area contributed by atoms with Gasteiger partial charge in [0.25, 0.3) is 0 Å². The molecule has 1 aliphatic rings. The lowest BCUT2D eigenvalue weighted by Gasteiger charge is -2.33. The molecule has 1 fully saturated rings. The third-order valence-corrected chi connectivity index (χ3v) is 3.58. The maximum atomic E-state index is 11.7. The highest BCUT2D eigenvalue weighted by atomic mass is 32.1. The largest absolute Gasteiger partial charge is 0.389 e. The number of nitrogens with zero attached hydrogens (tertiary/aromatic N) is 3. The Hall–Kier alpha value is -2.09. The van der Waals surface area contributed by atoms with Crippen LogP contribution in [0.1, 0.15) is 23.7 Å². The number of nitrogens with one attached hydrogen (secondary N) is 1. The number of thiocarbonyl (C=S) groups is 1. The Morgan fingerprint density at radius 3 is 2.65 bits per heavy atom. The second-order valence-electron chi connectivity index (χ2n) is 4.69. The van der Waals surface area contributed by atoms with E-state index in [0.29, 0.717) is 17.1 Å². The smallest absolute Gasteiger partial charge is 0.249 e. The van der Waals surface area contributed by atoms with Crippen LogP contribution < -0.4 is 16.0 Å². The van der Waals surface area contributed by atoms with E-state index in [1.807, 2.05) is 6.92 Å². The molecule has 3 N–H and O–H groups in total. The molecule has 1 aromatic rings. The number of hydrogen-bond acceptors (Lipinski definition) is 6. The van der Waals surface area contributed by atoms with E-state index in [4.69, 9.17) is 18.0 Å². The molecule has 106 valence electrons. The predicted molar refractivity (Wildman–Crippen MR) is 77.4 cm³/mol. The van der Waals surface area contributed by atoms with Gasteiger partial charge in [-0.15, -0.1) is 5.10 Å². The first-order chi connectivity index (χ1) is 9.32. The number of carbonyl (C=O) groups is 2. The minimum absolute atomic E-state index is 0.0136. The van der Waals surface area contributed by atoms with Gasteiger partial charge in [0.15, 0.2) is 5.82 Å². The van der Waals surface area contributed by atoms with Crippen LogP contribution in [0.15, 0.2) is 0 Å². The Kier molecular flexibility index (Phi) is 3.67. The number of imide groups is 1. The van der Waals surface area contributed by atoms with E-state index in [2.05, 4.69) is 15.5 Å². The highest BCUT2D eigenvalue weighted by Crippen LogP contribution is 2.24. The summed E-state index contributed by atoms with van der Waals surface area (Å²) in [5.41, 5.74) is 7.82. The molecule has 0 spiro atoms. The molecule has 1 unspecified atom stereocenters. The predicted octanol–water partition coefficient (Wildman–Crippen LogP) is -0.421. The molecule has 2 rings (SSSR count). The molecule has 7 nitrogen and oxygen atoms in total.